The van der Waals surface area contributed by atoms with Crippen LogP contribution in [0.3, 0.4) is 0 Å². The van der Waals surface area contributed by atoms with E-state index >= 15 is 0 Å². The first-order chi connectivity index (χ1) is 9.65. The molecular formula is C15H25N3S2. The van der Waals surface area contributed by atoms with Crippen LogP contribution < -0.4 is 10.6 Å². The van der Waals surface area contributed by atoms with Gasteiger partial charge in [-0.3, -0.25) is 4.99 Å². The minimum absolute atomic E-state index is 0.375. The van der Waals surface area contributed by atoms with Crippen LogP contribution in [-0.4, -0.2) is 37.1 Å². The first-order valence-electron chi connectivity index (χ1n) is 6.86. The standard InChI is InChI=1S/C15H25N3S2/c1-5-9-19-10-8-17-15(16-4)18-12(2)11-14-7-6-13(3)20-14/h5-7,12H,1,8-11H2,2-4H3,(H2,16,17,18). The minimum Gasteiger partial charge on any atom is -0.356 e. The van der Waals surface area contributed by atoms with Crippen LogP contribution in [0.15, 0.2) is 29.8 Å². The number of rotatable bonds is 8. The van der Waals surface area contributed by atoms with Gasteiger partial charge in [-0.2, -0.15) is 11.8 Å². The Morgan fingerprint density at radius 2 is 2.35 bits per heavy atom. The Morgan fingerprint density at radius 3 is 2.95 bits per heavy atom. The van der Waals surface area contributed by atoms with Gasteiger partial charge in [0.25, 0.3) is 0 Å². The summed E-state index contributed by atoms with van der Waals surface area (Å²) >= 11 is 3.73. The Labute approximate surface area is 131 Å². The van der Waals surface area contributed by atoms with Crippen molar-refractivity contribution in [2.24, 2.45) is 4.99 Å². The molecule has 1 aromatic rings. The van der Waals surface area contributed by atoms with E-state index in [9.17, 15) is 0 Å². The molecule has 1 aromatic heterocycles. The van der Waals surface area contributed by atoms with Crippen LogP contribution in [0.1, 0.15) is 16.7 Å². The van der Waals surface area contributed by atoms with Gasteiger partial charge in [0, 0.05) is 47.3 Å². The summed E-state index contributed by atoms with van der Waals surface area (Å²) in [4.78, 5) is 7.05. The summed E-state index contributed by atoms with van der Waals surface area (Å²) in [7, 11) is 1.81. The summed E-state index contributed by atoms with van der Waals surface area (Å²) in [6.07, 6.45) is 2.97. The first kappa shape index (κ1) is 17.1. The van der Waals surface area contributed by atoms with Crippen molar-refractivity contribution in [2.75, 3.05) is 25.1 Å². The molecule has 1 heterocycles. The van der Waals surface area contributed by atoms with Crippen molar-refractivity contribution < 1.29 is 0 Å². The third kappa shape index (κ3) is 7.01. The largest absolute Gasteiger partial charge is 0.356 e. The van der Waals surface area contributed by atoms with Crippen molar-refractivity contribution in [1.82, 2.24) is 10.6 Å². The van der Waals surface area contributed by atoms with Crippen molar-refractivity contribution >= 4 is 29.1 Å². The molecule has 1 atom stereocenters. The van der Waals surface area contributed by atoms with Gasteiger partial charge < -0.3 is 10.6 Å². The number of hydrogen-bond acceptors (Lipinski definition) is 3. The smallest absolute Gasteiger partial charge is 0.191 e. The van der Waals surface area contributed by atoms with Crippen molar-refractivity contribution in [3.05, 3.63) is 34.5 Å². The zero-order valence-corrected chi connectivity index (χ0v) is 14.2. The van der Waals surface area contributed by atoms with E-state index in [1.165, 1.54) is 9.75 Å². The van der Waals surface area contributed by atoms with Gasteiger partial charge in [0.15, 0.2) is 5.96 Å². The minimum atomic E-state index is 0.375. The molecule has 0 saturated carbocycles. The summed E-state index contributed by atoms with van der Waals surface area (Å²) in [6, 6.07) is 4.76. The Morgan fingerprint density at radius 1 is 1.55 bits per heavy atom. The van der Waals surface area contributed by atoms with Gasteiger partial charge in [0.1, 0.15) is 0 Å². The molecule has 5 heteroatoms. The highest BCUT2D eigenvalue weighted by atomic mass is 32.2. The van der Waals surface area contributed by atoms with E-state index in [1.54, 1.807) is 0 Å². The predicted molar refractivity (Wildman–Crippen MR) is 94.2 cm³/mol. The van der Waals surface area contributed by atoms with Crippen LogP contribution in [0.2, 0.25) is 0 Å². The van der Waals surface area contributed by atoms with Crippen LogP contribution in [0.4, 0.5) is 0 Å². The van der Waals surface area contributed by atoms with Crippen LogP contribution in [0.25, 0.3) is 0 Å². The zero-order valence-electron chi connectivity index (χ0n) is 12.6. The third-order valence-corrected chi connectivity index (χ3v) is 4.67. The fraction of sp³-hybridized carbons (Fsp3) is 0.533. The fourth-order valence-corrected chi connectivity index (χ4v) is 3.38. The maximum Gasteiger partial charge on any atom is 0.191 e. The molecule has 20 heavy (non-hydrogen) atoms. The molecule has 1 rings (SSSR count). The molecule has 0 radical (unpaired) electrons. The Kier molecular flexibility index (Phi) is 8.46. The lowest BCUT2D eigenvalue weighted by molar-refractivity contribution is 0.648. The molecule has 0 saturated heterocycles. The lowest BCUT2D eigenvalue weighted by Gasteiger charge is -2.17. The monoisotopic (exact) mass is 311 g/mol. The van der Waals surface area contributed by atoms with Gasteiger partial charge >= 0.3 is 0 Å². The summed E-state index contributed by atoms with van der Waals surface area (Å²) in [6.45, 7) is 8.97. The molecule has 0 bridgehead atoms. The van der Waals surface area contributed by atoms with Crippen LogP contribution >= 0.6 is 23.1 Å². The Hall–Kier alpha value is -0.940. The van der Waals surface area contributed by atoms with Gasteiger partial charge in [-0.15, -0.1) is 17.9 Å². The Balaban J connectivity index is 2.27. The number of thioether (sulfide) groups is 1. The van der Waals surface area contributed by atoms with Crippen molar-refractivity contribution in [3.8, 4) is 0 Å². The summed E-state index contributed by atoms with van der Waals surface area (Å²) in [5.41, 5.74) is 0. The second-order valence-electron chi connectivity index (χ2n) is 4.62. The van der Waals surface area contributed by atoms with Crippen LogP contribution in [0, 0.1) is 6.92 Å². The third-order valence-electron chi connectivity index (χ3n) is 2.68. The number of thiophene rings is 1. The molecule has 0 spiro atoms. The molecule has 3 nitrogen and oxygen atoms in total. The average molecular weight is 312 g/mol. The van der Waals surface area contributed by atoms with E-state index in [4.69, 9.17) is 0 Å². The highest BCUT2D eigenvalue weighted by Gasteiger charge is 2.07. The molecule has 2 N–H and O–H groups in total. The van der Waals surface area contributed by atoms with Crippen LogP contribution in [0.5, 0.6) is 0 Å². The highest BCUT2D eigenvalue weighted by molar-refractivity contribution is 7.99. The molecular weight excluding hydrogens is 286 g/mol. The highest BCUT2D eigenvalue weighted by Crippen LogP contribution is 2.16. The lowest BCUT2D eigenvalue weighted by atomic mass is 10.2. The van der Waals surface area contributed by atoms with E-state index in [0.29, 0.717) is 6.04 Å². The molecule has 0 aromatic carbocycles. The second-order valence-corrected chi connectivity index (χ2v) is 7.15. The average Bonchev–Trinajstić information content (AvgIpc) is 2.82. The van der Waals surface area contributed by atoms with Crippen molar-refractivity contribution in [2.45, 2.75) is 26.3 Å². The number of hydrogen-bond donors (Lipinski definition) is 2. The molecule has 0 aliphatic carbocycles. The van der Waals surface area contributed by atoms with Gasteiger partial charge in [-0.05, 0) is 26.0 Å². The topological polar surface area (TPSA) is 36.4 Å². The summed E-state index contributed by atoms with van der Waals surface area (Å²) in [5.74, 6) is 2.94. The molecule has 0 aliphatic rings. The number of aliphatic imine (C=N–C) groups is 1. The van der Waals surface area contributed by atoms with E-state index in [-0.39, 0.29) is 0 Å². The molecule has 0 amide bonds. The molecule has 1 unspecified atom stereocenters. The van der Waals surface area contributed by atoms with Crippen LogP contribution in [-0.2, 0) is 6.42 Å². The summed E-state index contributed by atoms with van der Waals surface area (Å²) in [5, 5.41) is 6.77. The normalized spacial score (nSPS) is 13.1. The number of aryl methyl sites for hydroxylation is 1. The van der Waals surface area contributed by atoms with E-state index in [2.05, 4.69) is 48.2 Å². The number of nitrogens with zero attached hydrogens (tertiary/aromatic N) is 1. The first-order valence-corrected chi connectivity index (χ1v) is 8.84. The predicted octanol–water partition coefficient (Wildman–Crippen LogP) is 3.07. The SMILES string of the molecule is C=CCSCCNC(=NC)NC(C)Cc1ccc(C)s1. The van der Waals surface area contributed by atoms with Gasteiger partial charge in [0.2, 0.25) is 0 Å². The van der Waals surface area contributed by atoms with Gasteiger partial charge in [-0.25, -0.2) is 0 Å². The zero-order chi connectivity index (χ0) is 14.8. The van der Waals surface area contributed by atoms with E-state index in [0.717, 1.165) is 30.4 Å². The van der Waals surface area contributed by atoms with Crippen molar-refractivity contribution in [3.63, 3.8) is 0 Å². The van der Waals surface area contributed by atoms with Crippen molar-refractivity contribution in [1.29, 1.82) is 0 Å². The van der Waals surface area contributed by atoms with E-state index < -0.39 is 0 Å². The maximum atomic E-state index is 4.26. The van der Waals surface area contributed by atoms with Gasteiger partial charge in [-0.1, -0.05) is 6.08 Å². The Bertz CT molecular complexity index is 427. The molecule has 112 valence electrons. The molecule has 0 aliphatic heterocycles. The number of guanidine groups is 1. The summed E-state index contributed by atoms with van der Waals surface area (Å²) < 4.78 is 0. The fourth-order valence-electron chi connectivity index (χ4n) is 1.78. The van der Waals surface area contributed by atoms with E-state index in [1.807, 2.05) is 36.2 Å². The quantitative estimate of drug-likeness (QED) is 0.335. The maximum absolute atomic E-state index is 4.26. The van der Waals surface area contributed by atoms with Gasteiger partial charge in [0.05, 0.1) is 0 Å². The second kappa shape index (κ2) is 9.88. The lowest BCUT2D eigenvalue weighted by Crippen LogP contribution is -2.43. The number of nitrogens with one attached hydrogen (secondary N) is 2. The molecule has 0 fully saturated rings.